The first-order chi connectivity index (χ1) is 14.2. The fraction of sp³-hybridized carbons (Fsp3) is 0.273. The zero-order chi connectivity index (χ0) is 20.2. The maximum atomic E-state index is 12.4. The van der Waals surface area contributed by atoms with Crippen LogP contribution in [0.2, 0.25) is 0 Å². The third-order valence-electron chi connectivity index (χ3n) is 4.81. The zero-order valence-corrected chi connectivity index (χ0v) is 17.3. The van der Waals surface area contributed by atoms with Crippen LogP contribution < -0.4 is 5.32 Å². The minimum Gasteiger partial charge on any atom is -0.349 e. The maximum Gasteiger partial charge on any atom is 0.230 e. The number of para-hydroxylation sites is 1. The van der Waals surface area contributed by atoms with E-state index in [4.69, 9.17) is 4.98 Å². The molecule has 1 amide bonds. The monoisotopic (exact) mass is 405 g/mol. The second kappa shape index (κ2) is 8.61. The predicted molar refractivity (Wildman–Crippen MR) is 117 cm³/mol. The molecule has 0 radical (unpaired) electrons. The number of hydrogen-bond acceptors (Lipinski definition) is 5. The SMILES string of the molecule is CCCn1c2ccccc2c2nnc(SCC(=O)NC(C)c3ccccc3)nc21. The summed E-state index contributed by atoms with van der Waals surface area (Å²) in [5, 5.41) is 13.2. The Kier molecular flexibility index (Phi) is 5.76. The number of hydrogen-bond donors (Lipinski definition) is 1. The number of rotatable bonds is 7. The summed E-state index contributed by atoms with van der Waals surface area (Å²) in [6, 6.07) is 18.0. The van der Waals surface area contributed by atoms with Crippen LogP contribution in [0, 0.1) is 0 Å². The Morgan fingerprint density at radius 2 is 1.86 bits per heavy atom. The molecule has 2 aromatic heterocycles. The molecular formula is C22H23N5OS. The minimum atomic E-state index is -0.0517. The van der Waals surface area contributed by atoms with Gasteiger partial charge in [0.2, 0.25) is 11.1 Å². The molecule has 0 aliphatic carbocycles. The van der Waals surface area contributed by atoms with Crippen LogP contribution in [0.15, 0.2) is 59.8 Å². The van der Waals surface area contributed by atoms with Gasteiger partial charge < -0.3 is 9.88 Å². The Hall–Kier alpha value is -2.93. The van der Waals surface area contributed by atoms with Crippen LogP contribution in [-0.4, -0.2) is 31.4 Å². The number of thioether (sulfide) groups is 1. The van der Waals surface area contributed by atoms with E-state index < -0.39 is 0 Å². The van der Waals surface area contributed by atoms with Crippen molar-refractivity contribution in [2.75, 3.05) is 5.75 Å². The summed E-state index contributed by atoms with van der Waals surface area (Å²) >= 11 is 1.31. The molecule has 148 valence electrons. The molecule has 0 spiro atoms. The number of fused-ring (bicyclic) bond motifs is 3. The topological polar surface area (TPSA) is 72.7 Å². The van der Waals surface area contributed by atoms with Gasteiger partial charge in [0.25, 0.3) is 0 Å². The summed E-state index contributed by atoms with van der Waals surface area (Å²) in [5.41, 5.74) is 3.82. The molecule has 0 fully saturated rings. The molecule has 0 aliphatic rings. The zero-order valence-electron chi connectivity index (χ0n) is 16.5. The fourth-order valence-corrected chi connectivity index (χ4v) is 4.03. The van der Waals surface area contributed by atoms with Crippen molar-refractivity contribution >= 4 is 39.7 Å². The van der Waals surface area contributed by atoms with Gasteiger partial charge in [-0.15, -0.1) is 10.2 Å². The van der Waals surface area contributed by atoms with Gasteiger partial charge in [-0.3, -0.25) is 4.79 Å². The third kappa shape index (κ3) is 4.10. The molecule has 4 aromatic rings. The smallest absolute Gasteiger partial charge is 0.230 e. The third-order valence-corrected chi connectivity index (χ3v) is 5.65. The number of carbonyl (C=O) groups is 1. The summed E-state index contributed by atoms with van der Waals surface area (Å²) in [6.45, 7) is 4.98. The Labute approximate surface area is 173 Å². The quantitative estimate of drug-likeness (QED) is 0.463. The van der Waals surface area contributed by atoms with Crippen LogP contribution in [0.3, 0.4) is 0 Å². The highest BCUT2D eigenvalue weighted by molar-refractivity contribution is 7.99. The number of aryl methyl sites for hydroxylation is 1. The van der Waals surface area contributed by atoms with Gasteiger partial charge in [-0.2, -0.15) is 0 Å². The molecule has 0 bridgehead atoms. The van der Waals surface area contributed by atoms with Crippen molar-refractivity contribution in [3.8, 4) is 0 Å². The van der Waals surface area contributed by atoms with E-state index in [-0.39, 0.29) is 17.7 Å². The van der Waals surface area contributed by atoms with Crippen LogP contribution >= 0.6 is 11.8 Å². The summed E-state index contributed by atoms with van der Waals surface area (Å²) in [7, 11) is 0. The van der Waals surface area contributed by atoms with Crippen molar-refractivity contribution in [1.29, 1.82) is 0 Å². The van der Waals surface area contributed by atoms with Crippen molar-refractivity contribution in [1.82, 2.24) is 25.1 Å². The lowest BCUT2D eigenvalue weighted by atomic mass is 10.1. The highest BCUT2D eigenvalue weighted by Crippen LogP contribution is 2.27. The summed E-state index contributed by atoms with van der Waals surface area (Å²) in [4.78, 5) is 17.1. The number of nitrogens with one attached hydrogen (secondary N) is 1. The predicted octanol–water partition coefficient (Wildman–Crippen LogP) is 4.36. The van der Waals surface area contributed by atoms with Crippen LogP contribution in [0.25, 0.3) is 22.1 Å². The first-order valence-corrected chi connectivity index (χ1v) is 10.7. The Morgan fingerprint density at radius 1 is 1.10 bits per heavy atom. The summed E-state index contributed by atoms with van der Waals surface area (Å²) in [5.74, 6) is 0.197. The average Bonchev–Trinajstić information content (AvgIpc) is 3.06. The molecule has 0 aliphatic heterocycles. The fourth-order valence-electron chi connectivity index (χ4n) is 3.44. The molecule has 7 heteroatoms. The van der Waals surface area contributed by atoms with E-state index in [2.05, 4.69) is 33.1 Å². The lowest BCUT2D eigenvalue weighted by Crippen LogP contribution is -2.28. The number of benzene rings is 2. The first-order valence-electron chi connectivity index (χ1n) is 9.76. The Balaban J connectivity index is 1.50. The maximum absolute atomic E-state index is 12.4. The van der Waals surface area contributed by atoms with E-state index >= 15 is 0 Å². The van der Waals surface area contributed by atoms with Crippen LogP contribution in [0.5, 0.6) is 0 Å². The van der Waals surface area contributed by atoms with Crippen LogP contribution in [0.4, 0.5) is 0 Å². The standard InChI is InChI=1S/C22H23N5OS/c1-3-13-27-18-12-8-7-11-17(18)20-21(27)24-22(26-25-20)29-14-19(28)23-15(2)16-9-5-4-6-10-16/h4-12,15H,3,13-14H2,1-2H3,(H,23,28). The largest absolute Gasteiger partial charge is 0.349 e. The molecule has 0 saturated carbocycles. The molecule has 29 heavy (non-hydrogen) atoms. The van der Waals surface area contributed by atoms with Gasteiger partial charge in [-0.1, -0.05) is 67.2 Å². The lowest BCUT2D eigenvalue weighted by molar-refractivity contribution is -0.119. The van der Waals surface area contributed by atoms with Crippen LogP contribution in [-0.2, 0) is 11.3 Å². The molecule has 2 aromatic carbocycles. The van der Waals surface area contributed by atoms with Crippen molar-refractivity contribution in [3.05, 3.63) is 60.2 Å². The summed E-state index contributed by atoms with van der Waals surface area (Å²) < 4.78 is 2.18. The number of nitrogens with zero attached hydrogens (tertiary/aromatic N) is 4. The molecule has 4 rings (SSSR count). The number of amides is 1. The van der Waals surface area contributed by atoms with Gasteiger partial charge in [-0.05, 0) is 25.0 Å². The average molecular weight is 406 g/mol. The van der Waals surface area contributed by atoms with E-state index in [0.29, 0.717) is 5.16 Å². The van der Waals surface area contributed by atoms with E-state index in [1.54, 1.807) is 0 Å². The van der Waals surface area contributed by atoms with E-state index in [0.717, 1.165) is 40.6 Å². The first kappa shape index (κ1) is 19.4. The molecule has 1 atom stereocenters. The van der Waals surface area contributed by atoms with Crippen molar-refractivity contribution < 1.29 is 4.79 Å². The van der Waals surface area contributed by atoms with E-state index in [1.807, 2.05) is 55.5 Å². The number of aromatic nitrogens is 4. The highest BCUT2D eigenvalue weighted by Gasteiger charge is 2.15. The molecule has 6 nitrogen and oxygen atoms in total. The molecule has 1 unspecified atom stereocenters. The van der Waals surface area contributed by atoms with Gasteiger partial charge in [0.1, 0.15) is 5.52 Å². The van der Waals surface area contributed by atoms with E-state index in [9.17, 15) is 4.79 Å². The highest BCUT2D eigenvalue weighted by atomic mass is 32.2. The Morgan fingerprint density at radius 3 is 2.66 bits per heavy atom. The molecule has 1 N–H and O–H groups in total. The van der Waals surface area contributed by atoms with Gasteiger partial charge in [-0.25, -0.2) is 4.98 Å². The lowest BCUT2D eigenvalue weighted by Gasteiger charge is -2.13. The molecule has 2 heterocycles. The van der Waals surface area contributed by atoms with Crippen molar-refractivity contribution in [2.24, 2.45) is 0 Å². The van der Waals surface area contributed by atoms with Gasteiger partial charge in [0.05, 0.1) is 17.3 Å². The normalized spacial score (nSPS) is 12.3. The van der Waals surface area contributed by atoms with Crippen molar-refractivity contribution in [2.45, 2.75) is 38.0 Å². The van der Waals surface area contributed by atoms with Gasteiger partial charge in [0.15, 0.2) is 5.65 Å². The van der Waals surface area contributed by atoms with Crippen LogP contribution in [0.1, 0.15) is 31.9 Å². The molecule has 0 saturated heterocycles. The second-order valence-electron chi connectivity index (χ2n) is 6.92. The van der Waals surface area contributed by atoms with Gasteiger partial charge in [0, 0.05) is 11.9 Å². The van der Waals surface area contributed by atoms with E-state index in [1.165, 1.54) is 11.8 Å². The molecular weight excluding hydrogens is 382 g/mol. The minimum absolute atomic E-state index is 0.0436. The summed E-state index contributed by atoms with van der Waals surface area (Å²) in [6.07, 6.45) is 1.00. The van der Waals surface area contributed by atoms with Gasteiger partial charge >= 0.3 is 0 Å². The Bertz CT molecular complexity index is 1140. The number of carbonyl (C=O) groups excluding carboxylic acids is 1. The second-order valence-corrected chi connectivity index (χ2v) is 7.87. The van der Waals surface area contributed by atoms with Crippen molar-refractivity contribution in [3.63, 3.8) is 0 Å².